The summed E-state index contributed by atoms with van der Waals surface area (Å²) in [5.74, 6) is -1.18. The van der Waals surface area contributed by atoms with Crippen molar-refractivity contribution in [3.8, 4) is 0 Å². The molecule has 0 aliphatic heterocycles. The van der Waals surface area contributed by atoms with E-state index in [2.05, 4.69) is 14.5 Å². The van der Waals surface area contributed by atoms with E-state index < -0.39 is 11.9 Å². The number of carbonyl (C=O) groups excluding carboxylic acids is 2. The second-order valence-corrected chi connectivity index (χ2v) is 3.14. The minimum absolute atomic E-state index is 0.0190. The maximum Gasteiger partial charge on any atom is 0.353 e. The third-order valence-corrected chi connectivity index (χ3v) is 1.98. The van der Waals surface area contributed by atoms with Crippen molar-refractivity contribution in [3.05, 3.63) is 30.3 Å². The first-order chi connectivity index (χ1) is 8.17. The quantitative estimate of drug-likeness (QED) is 0.586. The van der Waals surface area contributed by atoms with Gasteiger partial charge in [-0.05, 0) is 12.1 Å². The zero-order chi connectivity index (χ0) is 12.7. The monoisotopic (exact) mass is 235 g/mol. The Balaban J connectivity index is 2.94. The molecule has 0 aliphatic rings. The van der Waals surface area contributed by atoms with Gasteiger partial charge in [0.1, 0.15) is 5.71 Å². The molecule has 0 atom stereocenters. The van der Waals surface area contributed by atoms with Crippen LogP contribution in [-0.4, -0.2) is 31.9 Å². The molecule has 0 saturated carbocycles. The molecule has 1 aromatic rings. The summed E-state index contributed by atoms with van der Waals surface area (Å²) in [5, 5.41) is 0. The van der Waals surface area contributed by atoms with Crippen LogP contribution in [0, 0.1) is 0 Å². The van der Waals surface area contributed by atoms with Crippen LogP contribution in [0.15, 0.2) is 35.3 Å². The molecule has 0 spiro atoms. The van der Waals surface area contributed by atoms with Crippen molar-refractivity contribution in [2.45, 2.75) is 6.42 Å². The second-order valence-electron chi connectivity index (χ2n) is 3.14. The van der Waals surface area contributed by atoms with E-state index in [1.807, 2.05) is 6.07 Å². The first kappa shape index (κ1) is 12.9. The number of para-hydroxylation sites is 1. The van der Waals surface area contributed by atoms with Gasteiger partial charge in [0, 0.05) is 0 Å². The van der Waals surface area contributed by atoms with E-state index in [9.17, 15) is 9.59 Å². The van der Waals surface area contributed by atoms with Crippen LogP contribution in [-0.2, 0) is 19.1 Å². The largest absolute Gasteiger partial charge is 0.469 e. The van der Waals surface area contributed by atoms with Crippen LogP contribution < -0.4 is 0 Å². The molecule has 17 heavy (non-hydrogen) atoms. The first-order valence-corrected chi connectivity index (χ1v) is 4.95. The summed E-state index contributed by atoms with van der Waals surface area (Å²) in [4.78, 5) is 26.6. The lowest BCUT2D eigenvalue weighted by Crippen LogP contribution is -2.20. The van der Waals surface area contributed by atoms with E-state index in [0.29, 0.717) is 5.69 Å². The lowest BCUT2D eigenvalue weighted by atomic mass is 10.2. The number of aliphatic imine (C=N–C) groups is 1. The van der Waals surface area contributed by atoms with E-state index >= 15 is 0 Å². The van der Waals surface area contributed by atoms with Gasteiger partial charge < -0.3 is 9.47 Å². The number of hydrogen-bond donors (Lipinski definition) is 0. The fourth-order valence-corrected chi connectivity index (χ4v) is 1.14. The molecule has 5 nitrogen and oxygen atoms in total. The standard InChI is InChI=1S/C12H13NO4/c1-16-11(14)8-10(12(15)17-2)13-9-6-4-3-5-7-9/h3-7H,8H2,1-2H3. The fourth-order valence-electron chi connectivity index (χ4n) is 1.14. The summed E-state index contributed by atoms with van der Waals surface area (Å²) in [6.07, 6.45) is -0.210. The molecular weight excluding hydrogens is 222 g/mol. The molecule has 0 aromatic heterocycles. The highest BCUT2D eigenvalue weighted by Gasteiger charge is 2.16. The summed E-state index contributed by atoms with van der Waals surface area (Å²) in [6, 6.07) is 8.84. The Morgan fingerprint density at radius 3 is 2.29 bits per heavy atom. The lowest BCUT2D eigenvalue weighted by Gasteiger charge is -2.03. The number of methoxy groups -OCH3 is 2. The zero-order valence-electron chi connectivity index (χ0n) is 9.67. The predicted molar refractivity (Wildman–Crippen MR) is 62.2 cm³/mol. The van der Waals surface area contributed by atoms with Crippen LogP contribution in [0.3, 0.4) is 0 Å². The van der Waals surface area contributed by atoms with Gasteiger partial charge in [-0.3, -0.25) is 4.79 Å². The van der Waals surface area contributed by atoms with Crippen molar-refractivity contribution >= 4 is 23.3 Å². The third-order valence-electron chi connectivity index (χ3n) is 1.98. The van der Waals surface area contributed by atoms with Crippen LogP contribution >= 0.6 is 0 Å². The summed E-state index contributed by atoms with van der Waals surface area (Å²) < 4.78 is 9.04. The van der Waals surface area contributed by atoms with E-state index in [-0.39, 0.29) is 12.1 Å². The predicted octanol–water partition coefficient (Wildman–Crippen LogP) is 1.50. The van der Waals surface area contributed by atoms with Gasteiger partial charge in [0.2, 0.25) is 0 Å². The number of rotatable bonds is 4. The molecule has 0 fully saturated rings. The Kier molecular flexibility index (Phi) is 4.87. The van der Waals surface area contributed by atoms with Gasteiger partial charge in [-0.1, -0.05) is 18.2 Å². The highest BCUT2D eigenvalue weighted by atomic mass is 16.5. The molecule has 0 aliphatic carbocycles. The van der Waals surface area contributed by atoms with Gasteiger partial charge in [-0.2, -0.15) is 0 Å². The Hall–Kier alpha value is -2.17. The highest BCUT2D eigenvalue weighted by Crippen LogP contribution is 2.11. The SMILES string of the molecule is COC(=O)CC(=Nc1ccccc1)C(=O)OC. The van der Waals surface area contributed by atoms with Gasteiger partial charge in [0.15, 0.2) is 0 Å². The molecule has 0 saturated heterocycles. The fraction of sp³-hybridized carbons (Fsp3) is 0.250. The molecule has 5 heteroatoms. The van der Waals surface area contributed by atoms with Gasteiger partial charge in [-0.25, -0.2) is 9.79 Å². The minimum Gasteiger partial charge on any atom is -0.469 e. The number of benzene rings is 1. The molecule has 0 N–H and O–H groups in total. The number of hydrogen-bond acceptors (Lipinski definition) is 5. The van der Waals surface area contributed by atoms with Crippen LogP contribution in [0.2, 0.25) is 0 Å². The third kappa shape index (κ3) is 4.06. The molecule has 1 aromatic carbocycles. The maximum absolute atomic E-state index is 11.4. The lowest BCUT2D eigenvalue weighted by molar-refractivity contribution is -0.140. The summed E-state index contributed by atoms with van der Waals surface area (Å²) in [5.41, 5.74) is 0.599. The van der Waals surface area contributed by atoms with Crippen molar-refractivity contribution < 1.29 is 19.1 Å². The van der Waals surface area contributed by atoms with Gasteiger partial charge in [0.25, 0.3) is 0 Å². The molecule has 90 valence electrons. The summed E-state index contributed by atoms with van der Waals surface area (Å²) >= 11 is 0. The van der Waals surface area contributed by atoms with Crippen LogP contribution in [0.1, 0.15) is 6.42 Å². The van der Waals surface area contributed by atoms with E-state index in [4.69, 9.17) is 0 Å². The Morgan fingerprint density at radius 1 is 1.12 bits per heavy atom. The van der Waals surface area contributed by atoms with E-state index in [1.54, 1.807) is 24.3 Å². The normalized spacial score (nSPS) is 10.8. The summed E-state index contributed by atoms with van der Waals surface area (Å²) in [6.45, 7) is 0. The van der Waals surface area contributed by atoms with Crippen LogP contribution in [0.25, 0.3) is 0 Å². The number of ether oxygens (including phenoxy) is 2. The highest BCUT2D eigenvalue weighted by molar-refractivity contribution is 6.39. The number of esters is 2. The van der Waals surface area contributed by atoms with Crippen molar-refractivity contribution in [2.75, 3.05) is 14.2 Å². The number of nitrogens with zero attached hydrogens (tertiary/aromatic N) is 1. The number of carbonyl (C=O) groups is 2. The van der Waals surface area contributed by atoms with Crippen molar-refractivity contribution in [3.63, 3.8) is 0 Å². The average Bonchev–Trinajstić information content (AvgIpc) is 2.38. The van der Waals surface area contributed by atoms with Gasteiger partial charge in [-0.15, -0.1) is 0 Å². The van der Waals surface area contributed by atoms with Crippen LogP contribution in [0.5, 0.6) is 0 Å². The zero-order valence-corrected chi connectivity index (χ0v) is 9.67. The van der Waals surface area contributed by atoms with Gasteiger partial charge >= 0.3 is 11.9 Å². The van der Waals surface area contributed by atoms with Crippen molar-refractivity contribution in [1.82, 2.24) is 0 Å². The molecular formula is C12H13NO4. The average molecular weight is 235 g/mol. The second kappa shape index (κ2) is 6.42. The first-order valence-electron chi connectivity index (χ1n) is 4.95. The molecule has 0 radical (unpaired) electrons. The Morgan fingerprint density at radius 2 is 1.76 bits per heavy atom. The Labute approximate surface area is 99.1 Å². The maximum atomic E-state index is 11.4. The minimum atomic E-state index is -0.640. The van der Waals surface area contributed by atoms with E-state index in [1.165, 1.54) is 14.2 Å². The van der Waals surface area contributed by atoms with E-state index in [0.717, 1.165) is 0 Å². The smallest absolute Gasteiger partial charge is 0.353 e. The summed E-state index contributed by atoms with van der Waals surface area (Å²) in [7, 11) is 2.49. The Bertz CT molecular complexity index is 425. The topological polar surface area (TPSA) is 65.0 Å². The van der Waals surface area contributed by atoms with Crippen molar-refractivity contribution in [1.29, 1.82) is 0 Å². The van der Waals surface area contributed by atoms with Crippen LogP contribution in [0.4, 0.5) is 5.69 Å². The molecule has 0 heterocycles. The van der Waals surface area contributed by atoms with Gasteiger partial charge in [0.05, 0.1) is 26.3 Å². The molecule has 0 amide bonds. The molecule has 1 rings (SSSR count). The molecule has 0 unspecified atom stereocenters. The molecule has 0 bridgehead atoms. The van der Waals surface area contributed by atoms with Crippen molar-refractivity contribution in [2.24, 2.45) is 4.99 Å².